The van der Waals surface area contributed by atoms with Crippen LogP contribution in [0.15, 0.2) is 12.2 Å². The summed E-state index contributed by atoms with van der Waals surface area (Å²) < 4.78 is 4.75. The summed E-state index contributed by atoms with van der Waals surface area (Å²) in [6.45, 7) is 0. The summed E-state index contributed by atoms with van der Waals surface area (Å²) in [5, 5.41) is 3.11. The second-order valence-corrected chi connectivity index (χ2v) is 5.76. The van der Waals surface area contributed by atoms with Crippen LogP contribution in [-0.4, -0.2) is 24.5 Å². The van der Waals surface area contributed by atoms with Crippen LogP contribution >= 0.6 is 0 Å². The molecule has 2 aliphatic rings. The van der Waals surface area contributed by atoms with E-state index in [1.165, 1.54) is 7.11 Å². The summed E-state index contributed by atoms with van der Waals surface area (Å²) in [6, 6.07) is 0. The molecule has 0 spiro atoms. The van der Waals surface area contributed by atoms with Gasteiger partial charge in [0.05, 0.1) is 19.1 Å². The molecular formula is C15H23NO3. The molecule has 0 heterocycles. The third-order valence-corrected chi connectivity index (χ3v) is 4.24. The van der Waals surface area contributed by atoms with Crippen molar-refractivity contribution in [3.8, 4) is 0 Å². The smallest absolute Gasteiger partial charge is 0.307 e. The second-order valence-electron chi connectivity index (χ2n) is 5.76. The lowest BCUT2D eigenvalue weighted by Gasteiger charge is -2.29. The van der Waals surface area contributed by atoms with E-state index in [2.05, 4.69) is 17.5 Å². The van der Waals surface area contributed by atoms with Crippen molar-refractivity contribution >= 4 is 11.9 Å². The van der Waals surface area contributed by atoms with Crippen LogP contribution < -0.4 is 5.32 Å². The van der Waals surface area contributed by atoms with E-state index in [4.69, 9.17) is 4.74 Å². The van der Waals surface area contributed by atoms with Crippen LogP contribution in [0, 0.1) is 5.92 Å². The lowest BCUT2D eigenvalue weighted by atomic mass is 9.92. The molecule has 0 saturated heterocycles. The van der Waals surface area contributed by atoms with Crippen molar-refractivity contribution in [2.75, 3.05) is 7.11 Å². The zero-order valence-corrected chi connectivity index (χ0v) is 11.6. The van der Waals surface area contributed by atoms with E-state index < -0.39 is 0 Å². The number of ether oxygens (including phenoxy) is 1. The largest absolute Gasteiger partial charge is 0.469 e. The first-order chi connectivity index (χ1) is 9.13. The Balaban J connectivity index is 1.90. The van der Waals surface area contributed by atoms with E-state index >= 15 is 0 Å². The molecule has 1 amide bonds. The Morgan fingerprint density at radius 2 is 2.11 bits per heavy atom. The lowest BCUT2D eigenvalue weighted by Crippen LogP contribution is -2.48. The van der Waals surface area contributed by atoms with Gasteiger partial charge in [-0.05, 0) is 31.6 Å². The molecule has 0 aromatic carbocycles. The topological polar surface area (TPSA) is 55.4 Å². The molecule has 1 saturated carbocycles. The zero-order valence-electron chi connectivity index (χ0n) is 11.6. The summed E-state index contributed by atoms with van der Waals surface area (Å²) in [4.78, 5) is 23.6. The van der Waals surface area contributed by atoms with Gasteiger partial charge < -0.3 is 10.1 Å². The fraction of sp³-hybridized carbons (Fsp3) is 0.733. The highest BCUT2D eigenvalue weighted by Gasteiger charge is 2.37. The van der Waals surface area contributed by atoms with E-state index in [0.29, 0.717) is 18.8 Å². The van der Waals surface area contributed by atoms with Gasteiger partial charge in [-0.15, -0.1) is 0 Å². The number of carbonyl (C=O) groups is 2. The summed E-state index contributed by atoms with van der Waals surface area (Å²) in [5.74, 6) is 0.210. The van der Waals surface area contributed by atoms with Gasteiger partial charge in [0.1, 0.15) is 0 Å². The number of methoxy groups -OCH3 is 1. The molecule has 2 aliphatic carbocycles. The Labute approximate surface area is 114 Å². The summed E-state index contributed by atoms with van der Waals surface area (Å²) in [5.41, 5.74) is -0.355. The van der Waals surface area contributed by atoms with E-state index in [9.17, 15) is 9.59 Å². The average Bonchev–Trinajstić information content (AvgIpc) is 3.01. The van der Waals surface area contributed by atoms with Crippen LogP contribution in [0.25, 0.3) is 0 Å². The molecule has 4 heteroatoms. The molecule has 106 valence electrons. The van der Waals surface area contributed by atoms with Crippen LogP contribution in [0.4, 0.5) is 0 Å². The number of amides is 1. The predicted molar refractivity (Wildman–Crippen MR) is 72.5 cm³/mol. The van der Waals surface area contributed by atoms with Crippen molar-refractivity contribution in [3.05, 3.63) is 12.2 Å². The molecule has 1 atom stereocenters. The molecule has 19 heavy (non-hydrogen) atoms. The number of esters is 1. The van der Waals surface area contributed by atoms with Gasteiger partial charge in [-0.3, -0.25) is 9.59 Å². The predicted octanol–water partition coefficient (Wildman–Crippen LogP) is 2.33. The normalized spacial score (nSPS) is 24.4. The standard InChI is InChI=1S/C15H23NO3/c1-19-14(18)11-15(8-4-5-9-15)16-13(17)10-12-6-2-3-7-12/h2,6,12H,3-5,7-11H2,1H3,(H,16,17)/t12-/m0/s1. The molecule has 1 N–H and O–H groups in total. The lowest BCUT2D eigenvalue weighted by molar-refractivity contribution is -0.142. The number of nitrogens with one attached hydrogen (secondary N) is 1. The van der Waals surface area contributed by atoms with Crippen molar-refractivity contribution < 1.29 is 14.3 Å². The maximum atomic E-state index is 12.1. The first kappa shape index (κ1) is 14.1. The van der Waals surface area contributed by atoms with Crippen LogP contribution in [0.5, 0.6) is 0 Å². The van der Waals surface area contributed by atoms with Crippen molar-refractivity contribution in [2.45, 2.75) is 56.9 Å². The van der Waals surface area contributed by atoms with Crippen molar-refractivity contribution in [3.63, 3.8) is 0 Å². The minimum Gasteiger partial charge on any atom is -0.469 e. The minimum atomic E-state index is -0.355. The monoisotopic (exact) mass is 265 g/mol. The third-order valence-electron chi connectivity index (χ3n) is 4.24. The quantitative estimate of drug-likeness (QED) is 0.613. The number of allylic oxidation sites excluding steroid dienone is 2. The highest BCUT2D eigenvalue weighted by molar-refractivity contribution is 5.79. The minimum absolute atomic E-state index is 0.0716. The van der Waals surface area contributed by atoms with Crippen LogP contribution in [-0.2, 0) is 14.3 Å². The van der Waals surface area contributed by atoms with Crippen LogP contribution in [0.2, 0.25) is 0 Å². The molecule has 0 aromatic heterocycles. The summed E-state index contributed by atoms with van der Waals surface area (Å²) in [6.07, 6.45) is 11.2. The summed E-state index contributed by atoms with van der Waals surface area (Å²) in [7, 11) is 1.40. The average molecular weight is 265 g/mol. The van der Waals surface area contributed by atoms with Gasteiger partial charge in [0.25, 0.3) is 0 Å². The first-order valence-corrected chi connectivity index (χ1v) is 7.18. The number of hydrogen-bond donors (Lipinski definition) is 1. The SMILES string of the molecule is COC(=O)CC1(NC(=O)C[C@H]2C=CCC2)CCCC1. The zero-order chi connectivity index (χ0) is 13.7. The van der Waals surface area contributed by atoms with Crippen LogP contribution in [0.1, 0.15) is 51.4 Å². The third kappa shape index (κ3) is 3.82. The van der Waals surface area contributed by atoms with Crippen LogP contribution in [0.3, 0.4) is 0 Å². The van der Waals surface area contributed by atoms with E-state index in [0.717, 1.165) is 38.5 Å². The van der Waals surface area contributed by atoms with Crippen molar-refractivity contribution in [1.82, 2.24) is 5.32 Å². The molecule has 0 bridgehead atoms. The van der Waals surface area contributed by atoms with Gasteiger partial charge in [-0.25, -0.2) is 0 Å². The Bertz CT molecular complexity index is 370. The van der Waals surface area contributed by atoms with E-state index in [-0.39, 0.29) is 17.4 Å². The van der Waals surface area contributed by atoms with Gasteiger partial charge >= 0.3 is 5.97 Å². The van der Waals surface area contributed by atoms with Crippen molar-refractivity contribution in [1.29, 1.82) is 0 Å². The van der Waals surface area contributed by atoms with Gasteiger partial charge in [-0.2, -0.15) is 0 Å². The van der Waals surface area contributed by atoms with Gasteiger partial charge in [-0.1, -0.05) is 25.0 Å². The Morgan fingerprint density at radius 1 is 1.37 bits per heavy atom. The van der Waals surface area contributed by atoms with Gasteiger partial charge in [0.15, 0.2) is 0 Å². The first-order valence-electron chi connectivity index (χ1n) is 7.18. The number of rotatable bonds is 5. The molecule has 0 radical (unpaired) electrons. The molecule has 4 nitrogen and oxygen atoms in total. The molecule has 0 aliphatic heterocycles. The van der Waals surface area contributed by atoms with E-state index in [1.807, 2.05) is 0 Å². The molecule has 1 fully saturated rings. The highest BCUT2D eigenvalue weighted by Crippen LogP contribution is 2.33. The fourth-order valence-electron chi connectivity index (χ4n) is 3.20. The summed E-state index contributed by atoms with van der Waals surface area (Å²) >= 11 is 0. The maximum absolute atomic E-state index is 12.1. The second kappa shape index (κ2) is 6.22. The molecular weight excluding hydrogens is 242 g/mol. The Kier molecular flexibility index (Phi) is 4.61. The molecule has 0 aromatic rings. The Morgan fingerprint density at radius 3 is 2.68 bits per heavy atom. The van der Waals surface area contributed by atoms with Gasteiger partial charge in [0.2, 0.25) is 5.91 Å². The molecule has 2 rings (SSSR count). The van der Waals surface area contributed by atoms with E-state index in [1.54, 1.807) is 0 Å². The highest BCUT2D eigenvalue weighted by atomic mass is 16.5. The van der Waals surface area contributed by atoms with Crippen molar-refractivity contribution in [2.24, 2.45) is 5.92 Å². The number of hydrogen-bond acceptors (Lipinski definition) is 3. The number of carbonyl (C=O) groups excluding carboxylic acids is 2. The van der Waals surface area contributed by atoms with Gasteiger partial charge in [0, 0.05) is 6.42 Å². The fourth-order valence-corrected chi connectivity index (χ4v) is 3.20. The Hall–Kier alpha value is -1.32. The molecule has 0 unspecified atom stereocenters. The maximum Gasteiger partial charge on any atom is 0.307 e.